The Morgan fingerprint density at radius 3 is 2.37 bits per heavy atom. The van der Waals surface area contributed by atoms with E-state index in [0.717, 1.165) is 13.4 Å². The molecule has 6 nitrogen and oxygen atoms in total. The normalized spacial score (nSPS) is 19.3. The molecule has 27 heavy (non-hydrogen) atoms. The van der Waals surface area contributed by atoms with Crippen molar-refractivity contribution in [2.75, 3.05) is 6.61 Å². The first kappa shape index (κ1) is 19.8. The summed E-state index contributed by atoms with van der Waals surface area (Å²) in [5.41, 5.74) is 1.64. The molecule has 3 rings (SSSR count). The van der Waals surface area contributed by atoms with Crippen LogP contribution in [0.25, 0.3) is 0 Å². The van der Waals surface area contributed by atoms with Crippen molar-refractivity contribution in [2.45, 2.75) is 30.8 Å². The van der Waals surface area contributed by atoms with Crippen molar-refractivity contribution in [3.05, 3.63) is 63.2 Å². The van der Waals surface area contributed by atoms with E-state index in [9.17, 15) is 13.2 Å². The van der Waals surface area contributed by atoms with Crippen LogP contribution in [0.4, 0.5) is 0 Å². The Kier molecular flexibility index (Phi) is 5.85. The van der Waals surface area contributed by atoms with Gasteiger partial charge in [0.25, 0.3) is 10.0 Å². The summed E-state index contributed by atoms with van der Waals surface area (Å²) in [6.45, 7) is 3.80. The van der Waals surface area contributed by atoms with E-state index in [2.05, 4.69) is 27.6 Å². The molecule has 1 heterocycles. The number of halogens is 1. The maximum atomic E-state index is 13.2. The van der Waals surface area contributed by atoms with Gasteiger partial charge < -0.3 is 4.74 Å². The SMILES string of the molecule is CCOC(=O)[C@@H]1N=CN(S(=O)(=O)c2ccc(C)cc2)[C@@H]1c1ccc(I)cc1. The quantitative estimate of drug-likeness (QED) is 0.469. The van der Waals surface area contributed by atoms with Crippen LogP contribution in [0.1, 0.15) is 24.1 Å². The van der Waals surface area contributed by atoms with Gasteiger partial charge in [0.05, 0.1) is 11.5 Å². The average molecular weight is 498 g/mol. The third kappa shape index (κ3) is 4.01. The molecular weight excluding hydrogens is 479 g/mol. The lowest BCUT2D eigenvalue weighted by atomic mass is 10.0. The van der Waals surface area contributed by atoms with Crippen molar-refractivity contribution in [1.82, 2.24) is 4.31 Å². The zero-order valence-corrected chi connectivity index (χ0v) is 17.8. The molecular formula is C19H19IN2O4S. The average Bonchev–Trinajstić information content (AvgIpc) is 3.09. The first-order valence-corrected chi connectivity index (χ1v) is 10.9. The largest absolute Gasteiger partial charge is 0.464 e. The molecule has 0 aromatic heterocycles. The third-order valence-corrected chi connectivity index (χ3v) is 6.71. The highest BCUT2D eigenvalue weighted by Crippen LogP contribution is 2.35. The standard InChI is InChI=1S/C19H19IN2O4S/c1-3-26-19(23)17-18(14-6-8-15(20)9-7-14)22(12-21-17)27(24,25)16-10-4-13(2)5-11-16/h4-12,17-18H,3H2,1-2H3/t17-,18-/m1/s1. The van der Waals surface area contributed by atoms with Crippen LogP contribution in [0.15, 0.2) is 58.4 Å². The lowest BCUT2D eigenvalue weighted by molar-refractivity contribution is -0.145. The molecule has 0 saturated carbocycles. The number of rotatable bonds is 5. The lowest BCUT2D eigenvalue weighted by Gasteiger charge is -2.27. The Morgan fingerprint density at radius 2 is 1.78 bits per heavy atom. The maximum Gasteiger partial charge on any atom is 0.333 e. The van der Waals surface area contributed by atoms with Gasteiger partial charge in [-0.25, -0.2) is 17.5 Å². The number of aliphatic imine (C=N–C) groups is 1. The Hall–Kier alpha value is -1.94. The number of aryl methyl sites for hydroxylation is 1. The zero-order chi connectivity index (χ0) is 19.6. The molecule has 0 N–H and O–H groups in total. The molecule has 1 aliphatic rings. The van der Waals surface area contributed by atoms with E-state index in [1.807, 2.05) is 31.2 Å². The van der Waals surface area contributed by atoms with Crippen molar-refractivity contribution in [3.8, 4) is 0 Å². The van der Waals surface area contributed by atoms with Crippen LogP contribution in [-0.2, 0) is 19.6 Å². The van der Waals surface area contributed by atoms with Gasteiger partial charge in [-0.05, 0) is 66.3 Å². The highest BCUT2D eigenvalue weighted by molar-refractivity contribution is 14.1. The summed E-state index contributed by atoms with van der Waals surface area (Å²) < 4.78 is 33.7. The van der Waals surface area contributed by atoms with E-state index >= 15 is 0 Å². The topological polar surface area (TPSA) is 76.0 Å². The second-order valence-electron chi connectivity index (χ2n) is 6.11. The van der Waals surface area contributed by atoms with Gasteiger partial charge in [0.2, 0.25) is 0 Å². The van der Waals surface area contributed by atoms with Gasteiger partial charge in [0.1, 0.15) is 12.4 Å². The van der Waals surface area contributed by atoms with E-state index in [-0.39, 0.29) is 11.5 Å². The number of benzene rings is 2. The minimum Gasteiger partial charge on any atom is -0.464 e. The fourth-order valence-corrected chi connectivity index (χ4v) is 4.68. The second-order valence-corrected chi connectivity index (χ2v) is 9.19. The summed E-state index contributed by atoms with van der Waals surface area (Å²) in [4.78, 5) is 16.7. The van der Waals surface area contributed by atoms with E-state index < -0.39 is 28.1 Å². The zero-order valence-electron chi connectivity index (χ0n) is 14.9. The number of hydrogen-bond acceptors (Lipinski definition) is 5. The Morgan fingerprint density at radius 1 is 1.15 bits per heavy atom. The molecule has 0 aliphatic carbocycles. The van der Waals surface area contributed by atoms with Gasteiger partial charge >= 0.3 is 5.97 Å². The van der Waals surface area contributed by atoms with Crippen molar-refractivity contribution in [3.63, 3.8) is 0 Å². The van der Waals surface area contributed by atoms with Crippen molar-refractivity contribution in [2.24, 2.45) is 4.99 Å². The van der Waals surface area contributed by atoms with Crippen LogP contribution in [0.2, 0.25) is 0 Å². The van der Waals surface area contributed by atoms with Gasteiger partial charge in [-0.3, -0.25) is 4.99 Å². The number of carbonyl (C=O) groups is 1. The van der Waals surface area contributed by atoms with Gasteiger partial charge in [-0.15, -0.1) is 0 Å². The minimum atomic E-state index is -3.87. The first-order chi connectivity index (χ1) is 12.8. The molecule has 2 atom stereocenters. The summed E-state index contributed by atoms with van der Waals surface area (Å²) in [5.74, 6) is -0.543. The van der Waals surface area contributed by atoms with E-state index in [0.29, 0.717) is 5.56 Å². The third-order valence-electron chi connectivity index (χ3n) is 4.25. The van der Waals surface area contributed by atoms with Crippen molar-refractivity contribution < 1.29 is 17.9 Å². The fourth-order valence-electron chi connectivity index (χ4n) is 2.88. The van der Waals surface area contributed by atoms with Gasteiger partial charge in [-0.2, -0.15) is 0 Å². The molecule has 2 aromatic rings. The molecule has 8 heteroatoms. The summed E-state index contributed by atoms with van der Waals surface area (Å²) >= 11 is 2.17. The van der Waals surface area contributed by atoms with Crippen LogP contribution in [0, 0.1) is 10.5 Å². The van der Waals surface area contributed by atoms with E-state index in [1.165, 1.54) is 6.34 Å². The molecule has 1 aliphatic heterocycles. The number of carbonyl (C=O) groups excluding carboxylic acids is 1. The van der Waals surface area contributed by atoms with Crippen LogP contribution < -0.4 is 0 Å². The second kappa shape index (κ2) is 7.97. The molecule has 0 radical (unpaired) electrons. The van der Waals surface area contributed by atoms with Crippen LogP contribution >= 0.6 is 22.6 Å². The van der Waals surface area contributed by atoms with Gasteiger partial charge in [-0.1, -0.05) is 29.8 Å². The summed E-state index contributed by atoms with van der Waals surface area (Å²) in [7, 11) is -3.87. The number of esters is 1. The highest BCUT2D eigenvalue weighted by Gasteiger charge is 2.43. The van der Waals surface area contributed by atoms with E-state index in [4.69, 9.17) is 4.74 Å². The molecule has 0 saturated heterocycles. The van der Waals surface area contributed by atoms with Crippen molar-refractivity contribution in [1.29, 1.82) is 0 Å². The number of nitrogens with zero attached hydrogens (tertiary/aromatic N) is 2. The predicted octanol–water partition coefficient (Wildman–Crippen LogP) is 3.31. The Bertz CT molecular complexity index is 956. The number of hydrogen-bond donors (Lipinski definition) is 0. The summed E-state index contributed by atoms with van der Waals surface area (Å²) in [5, 5.41) is 0. The van der Waals surface area contributed by atoms with E-state index in [1.54, 1.807) is 31.2 Å². The summed E-state index contributed by atoms with van der Waals surface area (Å²) in [6, 6.07) is 12.2. The van der Waals surface area contributed by atoms with Crippen molar-refractivity contribution >= 4 is 44.9 Å². The van der Waals surface area contributed by atoms with Gasteiger partial charge in [0, 0.05) is 3.57 Å². The molecule has 0 unspecified atom stereocenters. The maximum absolute atomic E-state index is 13.2. The molecule has 0 fully saturated rings. The number of sulfonamides is 1. The van der Waals surface area contributed by atoms with Gasteiger partial charge in [0.15, 0.2) is 6.04 Å². The molecule has 0 amide bonds. The van der Waals surface area contributed by atoms with Crippen LogP contribution in [0.5, 0.6) is 0 Å². The smallest absolute Gasteiger partial charge is 0.333 e. The van der Waals surface area contributed by atoms with Crippen LogP contribution in [0.3, 0.4) is 0 Å². The fraction of sp³-hybridized carbons (Fsp3) is 0.263. The number of ether oxygens (including phenoxy) is 1. The monoisotopic (exact) mass is 498 g/mol. The minimum absolute atomic E-state index is 0.152. The lowest BCUT2D eigenvalue weighted by Crippen LogP contribution is -2.37. The Labute approximate surface area is 172 Å². The molecule has 0 bridgehead atoms. The highest BCUT2D eigenvalue weighted by atomic mass is 127. The first-order valence-electron chi connectivity index (χ1n) is 8.40. The summed E-state index contributed by atoms with van der Waals surface area (Å²) in [6.07, 6.45) is 1.22. The predicted molar refractivity (Wildman–Crippen MR) is 111 cm³/mol. The van der Waals surface area contributed by atoms with Crippen LogP contribution in [-0.4, -0.2) is 37.7 Å². The molecule has 2 aromatic carbocycles. The molecule has 142 valence electrons. The molecule has 0 spiro atoms. The Balaban J connectivity index is 2.04.